The quantitative estimate of drug-likeness (QED) is 0.742. The Morgan fingerprint density at radius 2 is 2.00 bits per heavy atom. The van der Waals surface area contributed by atoms with Crippen LogP contribution in [0.4, 0.5) is 5.00 Å². The molecular formula is C17H21N3O5S. The van der Waals surface area contributed by atoms with Crippen LogP contribution < -0.4 is 5.32 Å². The first-order chi connectivity index (χ1) is 12.4. The fourth-order valence-corrected chi connectivity index (χ4v) is 3.40. The average molecular weight is 379 g/mol. The first-order valence-corrected chi connectivity index (χ1v) is 8.87. The summed E-state index contributed by atoms with van der Waals surface area (Å²) in [5.41, 5.74) is 1.39. The SMILES string of the molecule is CCCOC(=O)c1c(NC(=O)Cn2ccc(C)n2)sc(C(=O)OC)c1C. The topological polar surface area (TPSA) is 99.5 Å². The number of aryl methyl sites for hydroxylation is 1. The van der Waals surface area contributed by atoms with Crippen molar-refractivity contribution in [3.05, 3.63) is 34.0 Å². The molecule has 0 saturated carbocycles. The van der Waals surface area contributed by atoms with Gasteiger partial charge < -0.3 is 14.8 Å². The van der Waals surface area contributed by atoms with E-state index in [1.165, 1.54) is 11.8 Å². The Balaban J connectivity index is 2.28. The van der Waals surface area contributed by atoms with E-state index in [0.29, 0.717) is 12.0 Å². The van der Waals surface area contributed by atoms with Crippen LogP contribution in [-0.4, -0.2) is 41.3 Å². The second kappa shape index (κ2) is 8.61. The molecule has 2 rings (SSSR count). The normalized spacial score (nSPS) is 10.5. The third kappa shape index (κ3) is 4.48. The number of methoxy groups -OCH3 is 1. The first kappa shape index (κ1) is 19.6. The predicted octanol–water partition coefficient (Wildman–Crippen LogP) is 2.55. The number of thiophene rings is 1. The van der Waals surface area contributed by atoms with Crippen molar-refractivity contribution in [3.63, 3.8) is 0 Å². The zero-order valence-electron chi connectivity index (χ0n) is 15.1. The average Bonchev–Trinajstić information content (AvgIpc) is 3.15. The highest BCUT2D eigenvalue weighted by atomic mass is 32.1. The van der Waals surface area contributed by atoms with Crippen molar-refractivity contribution in [2.75, 3.05) is 19.0 Å². The van der Waals surface area contributed by atoms with Crippen molar-refractivity contribution in [1.82, 2.24) is 9.78 Å². The van der Waals surface area contributed by atoms with Gasteiger partial charge in [-0.15, -0.1) is 11.3 Å². The number of esters is 2. The van der Waals surface area contributed by atoms with E-state index in [9.17, 15) is 14.4 Å². The second-order valence-corrected chi connectivity index (χ2v) is 6.61. The minimum atomic E-state index is -0.582. The Bertz CT molecular complexity index is 824. The zero-order valence-corrected chi connectivity index (χ0v) is 15.9. The van der Waals surface area contributed by atoms with E-state index in [2.05, 4.69) is 10.4 Å². The summed E-state index contributed by atoms with van der Waals surface area (Å²) in [6, 6.07) is 1.78. The number of hydrogen-bond donors (Lipinski definition) is 1. The van der Waals surface area contributed by atoms with Crippen LogP contribution in [0.25, 0.3) is 0 Å². The van der Waals surface area contributed by atoms with Crippen molar-refractivity contribution in [2.45, 2.75) is 33.7 Å². The molecule has 0 radical (unpaired) electrons. The molecule has 26 heavy (non-hydrogen) atoms. The lowest BCUT2D eigenvalue weighted by molar-refractivity contribution is -0.116. The number of anilines is 1. The molecule has 1 amide bonds. The van der Waals surface area contributed by atoms with Gasteiger partial charge in [-0.25, -0.2) is 9.59 Å². The Hall–Kier alpha value is -2.68. The molecule has 1 N–H and O–H groups in total. The molecule has 0 aliphatic heterocycles. The number of nitrogens with zero attached hydrogens (tertiary/aromatic N) is 2. The van der Waals surface area contributed by atoms with Crippen LogP contribution in [0.3, 0.4) is 0 Å². The molecule has 0 fully saturated rings. The van der Waals surface area contributed by atoms with E-state index in [1.807, 2.05) is 13.8 Å². The molecule has 0 aliphatic rings. The summed E-state index contributed by atoms with van der Waals surface area (Å²) in [6.45, 7) is 5.56. The van der Waals surface area contributed by atoms with Gasteiger partial charge >= 0.3 is 11.9 Å². The van der Waals surface area contributed by atoms with Gasteiger partial charge in [-0.1, -0.05) is 6.92 Å². The molecule has 0 unspecified atom stereocenters. The van der Waals surface area contributed by atoms with Crippen molar-refractivity contribution < 1.29 is 23.9 Å². The number of amides is 1. The second-order valence-electron chi connectivity index (χ2n) is 5.59. The smallest absolute Gasteiger partial charge is 0.348 e. The summed E-state index contributed by atoms with van der Waals surface area (Å²) < 4.78 is 11.4. The van der Waals surface area contributed by atoms with E-state index in [1.54, 1.807) is 19.2 Å². The zero-order chi connectivity index (χ0) is 19.3. The molecular weight excluding hydrogens is 358 g/mol. The van der Waals surface area contributed by atoms with Crippen LogP contribution in [0.5, 0.6) is 0 Å². The monoisotopic (exact) mass is 379 g/mol. The summed E-state index contributed by atoms with van der Waals surface area (Å²) in [5.74, 6) is -1.52. The molecule has 0 atom stereocenters. The van der Waals surface area contributed by atoms with Crippen LogP contribution in [0.15, 0.2) is 12.3 Å². The van der Waals surface area contributed by atoms with Crippen LogP contribution in [-0.2, 0) is 20.8 Å². The number of ether oxygens (including phenoxy) is 2. The van der Waals surface area contributed by atoms with Crippen LogP contribution in [0, 0.1) is 13.8 Å². The van der Waals surface area contributed by atoms with Crippen molar-refractivity contribution in [3.8, 4) is 0 Å². The largest absolute Gasteiger partial charge is 0.465 e. The maximum absolute atomic E-state index is 12.4. The highest BCUT2D eigenvalue weighted by molar-refractivity contribution is 7.18. The fraction of sp³-hybridized carbons (Fsp3) is 0.412. The molecule has 140 valence electrons. The van der Waals surface area contributed by atoms with E-state index >= 15 is 0 Å². The van der Waals surface area contributed by atoms with Crippen LogP contribution in [0.1, 0.15) is 44.6 Å². The van der Waals surface area contributed by atoms with Gasteiger partial charge in [0, 0.05) is 6.20 Å². The third-order valence-corrected chi connectivity index (χ3v) is 4.68. The van der Waals surface area contributed by atoms with Gasteiger partial charge in [-0.2, -0.15) is 5.10 Å². The minimum absolute atomic E-state index is 0.0121. The lowest BCUT2D eigenvalue weighted by atomic mass is 10.1. The number of nitrogens with one attached hydrogen (secondary N) is 1. The van der Waals surface area contributed by atoms with Crippen molar-refractivity contribution >= 4 is 34.2 Å². The number of rotatable bonds is 7. The van der Waals surface area contributed by atoms with E-state index < -0.39 is 11.9 Å². The summed E-state index contributed by atoms with van der Waals surface area (Å²) in [7, 11) is 1.26. The molecule has 2 aromatic rings. The summed E-state index contributed by atoms with van der Waals surface area (Å²) in [4.78, 5) is 36.9. The van der Waals surface area contributed by atoms with E-state index in [0.717, 1.165) is 17.0 Å². The summed E-state index contributed by atoms with van der Waals surface area (Å²) >= 11 is 0.988. The minimum Gasteiger partial charge on any atom is -0.465 e. The first-order valence-electron chi connectivity index (χ1n) is 8.06. The van der Waals surface area contributed by atoms with Gasteiger partial charge in [0.2, 0.25) is 5.91 Å². The number of carbonyl (C=O) groups excluding carboxylic acids is 3. The molecule has 0 bridgehead atoms. The third-order valence-electron chi connectivity index (χ3n) is 3.49. The van der Waals surface area contributed by atoms with Crippen molar-refractivity contribution in [1.29, 1.82) is 0 Å². The molecule has 8 nitrogen and oxygen atoms in total. The number of carbonyl (C=O) groups is 3. The molecule has 0 aliphatic carbocycles. The molecule has 2 heterocycles. The maximum atomic E-state index is 12.4. The Morgan fingerprint density at radius 1 is 1.27 bits per heavy atom. The van der Waals surface area contributed by atoms with E-state index in [-0.39, 0.29) is 34.5 Å². The molecule has 9 heteroatoms. The Kier molecular flexibility index (Phi) is 6.51. The predicted molar refractivity (Wildman–Crippen MR) is 96.6 cm³/mol. The van der Waals surface area contributed by atoms with E-state index in [4.69, 9.17) is 9.47 Å². The van der Waals surface area contributed by atoms with Gasteiger partial charge in [-0.3, -0.25) is 9.48 Å². The van der Waals surface area contributed by atoms with Gasteiger partial charge in [0.15, 0.2) is 0 Å². The lowest BCUT2D eigenvalue weighted by Crippen LogP contribution is -2.20. The standard InChI is InChI=1S/C17H21N3O5S/c1-5-8-25-16(22)13-11(3)14(17(23)24-4)26-15(13)18-12(21)9-20-7-6-10(2)19-20/h6-7H,5,8-9H2,1-4H3,(H,18,21). The van der Waals surface area contributed by atoms with Gasteiger partial charge in [0.25, 0.3) is 0 Å². The summed E-state index contributed by atoms with van der Waals surface area (Å²) in [5, 5.41) is 7.09. The fourth-order valence-electron chi connectivity index (χ4n) is 2.27. The number of aromatic nitrogens is 2. The van der Waals surface area contributed by atoms with Gasteiger partial charge in [0.1, 0.15) is 16.4 Å². The molecule has 0 saturated heterocycles. The number of hydrogen-bond acceptors (Lipinski definition) is 7. The lowest BCUT2D eigenvalue weighted by Gasteiger charge is -2.08. The Morgan fingerprint density at radius 3 is 2.58 bits per heavy atom. The summed E-state index contributed by atoms with van der Waals surface area (Å²) in [6.07, 6.45) is 2.35. The molecule has 2 aromatic heterocycles. The van der Waals surface area contributed by atoms with Crippen molar-refractivity contribution in [2.24, 2.45) is 0 Å². The molecule has 0 spiro atoms. The van der Waals surface area contributed by atoms with Crippen LogP contribution >= 0.6 is 11.3 Å². The van der Waals surface area contributed by atoms with Gasteiger partial charge in [-0.05, 0) is 31.9 Å². The van der Waals surface area contributed by atoms with Gasteiger partial charge in [0.05, 0.1) is 25.0 Å². The highest BCUT2D eigenvalue weighted by Crippen LogP contribution is 2.34. The van der Waals surface area contributed by atoms with Crippen LogP contribution in [0.2, 0.25) is 0 Å². The highest BCUT2D eigenvalue weighted by Gasteiger charge is 2.27. The maximum Gasteiger partial charge on any atom is 0.348 e. The molecule has 0 aromatic carbocycles. The Labute approximate surface area is 155 Å².